The number of carbonyl (C=O) groups is 1. The first-order chi connectivity index (χ1) is 19.7. The number of nitrogens with zero attached hydrogens (tertiary/aromatic N) is 1. The van der Waals surface area contributed by atoms with E-state index in [0.717, 1.165) is 17.7 Å². The summed E-state index contributed by atoms with van der Waals surface area (Å²) in [7, 11) is 3.09. The van der Waals surface area contributed by atoms with Crippen molar-refractivity contribution < 1.29 is 27.4 Å². The molecule has 6 rings (SSSR count). The Hall–Kier alpha value is -4.73. The molecule has 0 amide bonds. The van der Waals surface area contributed by atoms with Crippen molar-refractivity contribution in [2.75, 3.05) is 19.5 Å². The summed E-state index contributed by atoms with van der Waals surface area (Å²) in [6.07, 6.45) is -3.89. The molecule has 41 heavy (non-hydrogen) atoms. The summed E-state index contributed by atoms with van der Waals surface area (Å²) in [6, 6.07) is 19.1. The van der Waals surface area contributed by atoms with Crippen LogP contribution < -0.4 is 20.3 Å². The summed E-state index contributed by atoms with van der Waals surface area (Å²) < 4.78 is 52.2. The lowest BCUT2D eigenvalue weighted by Crippen LogP contribution is -2.32. The van der Waals surface area contributed by atoms with Gasteiger partial charge >= 0.3 is 6.18 Å². The number of nitrogens with one attached hydrogen (secondary N) is 2. The van der Waals surface area contributed by atoms with Crippen LogP contribution in [0, 0.1) is 0 Å². The second-order valence-corrected chi connectivity index (χ2v) is 10.1. The van der Waals surface area contributed by atoms with Crippen LogP contribution in [0.2, 0.25) is 0 Å². The standard InChI is InChI=1S/C31H26F3N3O4/c1-40-24-13-10-18(16-25(24)41-2)19-14-22-27(23(38)15-19)26(17-8-11-20(12-9-17)31(32,33)34)28-29(35-22)36-37(30(28)39)21-6-4-3-5-7-21/h3-13,16,19,26,35-36H,14-15H2,1-2H3/t19-,26+/m1/s1. The number of aromatic amines is 1. The molecule has 210 valence electrons. The Morgan fingerprint density at radius 1 is 0.854 bits per heavy atom. The number of aromatic nitrogens is 2. The molecule has 4 aromatic rings. The second-order valence-electron chi connectivity index (χ2n) is 10.1. The number of methoxy groups -OCH3 is 2. The van der Waals surface area contributed by atoms with Crippen molar-refractivity contribution in [3.8, 4) is 17.2 Å². The quantitative estimate of drug-likeness (QED) is 0.305. The van der Waals surface area contributed by atoms with E-state index in [1.807, 2.05) is 18.2 Å². The predicted octanol–water partition coefficient (Wildman–Crippen LogP) is 6.16. The van der Waals surface area contributed by atoms with Gasteiger partial charge in [0.2, 0.25) is 0 Å². The molecule has 2 atom stereocenters. The number of carbonyl (C=O) groups excluding carboxylic acids is 1. The van der Waals surface area contributed by atoms with Crippen LogP contribution in [-0.2, 0) is 11.0 Å². The molecule has 0 spiro atoms. The lowest BCUT2D eigenvalue weighted by molar-refractivity contribution is -0.137. The number of allylic oxidation sites excluding steroid dienone is 2. The number of benzene rings is 3. The number of anilines is 1. The van der Waals surface area contributed by atoms with E-state index in [4.69, 9.17) is 9.47 Å². The molecule has 7 nitrogen and oxygen atoms in total. The van der Waals surface area contributed by atoms with Crippen LogP contribution in [0.25, 0.3) is 5.69 Å². The largest absolute Gasteiger partial charge is 0.493 e. The smallest absolute Gasteiger partial charge is 0.416 e. The van der Waals surface area contributed by atoms with Crippen molar-refractivity contribution in [1.29, 1.82) is 0 Å². The zero-order chi connectivity index (χ0) is 28.9. The number of para-hydroxylation sites is 1. The van der Waals surface area contributed by atoms with E-state index in [1.165, 1.54) is 16.8 Å². The lowest BCUT2D eigenvalue weighted by atomic mass is 9.72. The summed E-state index contributed by atoms with van der Waals surface area (Å²) >= 11 is 0. The van der Waals surface area contributed by atoms with Crippen molar-refractivity contribution >= 4 is 11.6 Å². The Labute approximate surface area is 233 Å². The van der Waals surface area contributed by atoms with Crippen molar-refractivity contribution in [2.24, 2.45) is 0 Å². The molecule has 0 fully saturated rings. The highest BCUT2D eigenvalue weighted by molar-refractivity contribution is 6.01. The maximum Gasteiger partial charge on any atom is 0.416 e. The minimum Gasteiger partial charge on any atom is -0.493 e. The van der Waals surface area contributed by atoms with Gasteiger partial charge in [0, 0.05) is 23.6 Å². The van der Waals surface area contributed by atoms with Gasteiger partial charge in [0.15, 0.2) is 17.3 Å². The minimum absolute atomic E-state index is 0.166. The van der Waals surface area contributed by atoms with Gasteiger partial charge in [-0.2, -0.15) is 13.2 Å². The Bertz CT molecular complexity index is 1720. The molecule has 0 bridgehead atoms. The van der Waals surface area contributed by atoms with Gasteiger partial charge in [0.25, 0.3) is 5.56 Å². The Balaban J connectivity index is 1.47. The topological polar surface area (TPSA) is 85.4 Å². The van der Waals surface area contributed by atoms with E-state index in [1.54, 1.807) is 44.6 Å². The molecular weight excluding hydrogens is 535 g/mol. The molecule has 2 aliphatic rings. The van der Waals surface area contributed by atoms with E-state index in [-0.39, 0.29) is 29.2 Å². The monoisotopic (exact) mass is 561 g/mol. The fraction of sp³-hybridized carbons (Fsp3) is 0.226. The van der Waals surface area contributed by atoms with Gasteiger partial charge in [0.1, 0.15) is 5.82 Å². The van der Waals surface area contributed by atoms with Gasteiger partial charge in [-0.15, -0.1) is 0 Å². The van der Waals surface area contributed by atoms with Crippen LogP contribution in [0.4, 0.5) is 19.0 Å². The van der Waals surface area contributed by atoms with Crippen molar-refractivity contribution in [2.45, 2.75) is 30.9 Å². The molecule has 2 N–H and O–H groups in total. The van der Waals surface area contributed by atoms with Crippen LogP contribution in [0.15, 0.2) is 88.9 Å². The third-order valence-electron chi connectivity index (χ3n) is 7.75. The maximum atomic E-state index is 13.8. The Morgan fingerprint density at radius 3 is 2.20 bits per heavy atom. The fourth-order valence-corrected chi connectivity index (χ4v) is 5.79. The number of halogens is 3. The van der Waals surface area contributed by atoms with Crippen LogP contribution in [0.1, 0.15) is 46.9 Å². The number of ether oxygens (including phenoxy) is 2. The summed E-state index contributed by atoms with van der Waals surface area (Å²) in [4.78, 5) is 27.6. The summed E-state index contributed by atoms with van der Waals surface area (Å²) in [5, 5.41) is 6.41. The molecule has 0 radical (unpaired) electrons. The van der Waals surface area contributed by atoms with Crippen molar-refractivity contribution in [3.63, 3.8) is 0 Å². The van der Waals surface area contributed by atoms with E-state index >= 15 is 0 Å². The number of rotatable bonds is 5. The first-order valence-corrected chi connectivity index (χ1v) is 13.0. The van der Waals surface area contributed by atoms with Crippen LogP contribution in [0.3, 0.4) is 0 Å². The summed E-state index contributed by atoms with van der Waals surface area (Å²) in [6.45, 7) is 0. The highest BCUT2D eigenvalue weighted by atomic mass is 19.4. The number of ketones is 1. The number of Topliss-reactive ketones (excluding diaryl/α,β-unsaturated/α-hetero) is 1. The second kappa shape index (κ2) is 10.0. The number of fused-ring (bicyclic) bond motifs is 1. The molecule has 1 aromatic heterocycles. The van der Waals surface area contributed by atoms with Gasteiger partial charge in [-0.25, -0.2) is 4.68 Å². The Kier molecular flexibility index (Phi) is 6.48. The van der Waals surface area contributed by atoms with E-state index in [2.05, 4.69) is 10.4 Å². The molecule has 0 unspecified atom stereocenters. The van der Waals surface area contributed by atoms with Crippen molar-refractivity contribution in [1.82, 2.24) is 9.78 Å². The lowest BCUT2D eigenvalue weighted by Gasteiger charge is -2.34. The fourth-order valence-electron chi connectivity index (χ4n) is 5.79. The molecule has 0 saturated carbocycles. The molecule has 3 aromatic carbocycles. The first kappa shape index (κ1) is 26.5. The molecule has 0 saturated heterocycles. The molecular formula is C31H26F3N3O4. The number of H-pyrrole nitrogens is 1. The molecule has 2 heterocycles. The average Bonchev–Trinajstić information content (AvgIpc) is 3.31. The maximum absolute atomic E-state index is 13.8. The average molecular weight is 562 g/mol. The van der Waals surface area contributed by atoms with Crippen LogP contribution in [-0.4, -0.2) is 29.8 Å². The van der Waals surface area contributed by atoms with E-state index in [0.29, 0.717) is 46.3 Å². The molecule has 1 aliphatic heterocycles. The summed E-state index contributed by atoms with van der Waals surface area (Å²) in [5.41, 5.74) is 2.02. The molecule has 10 heteroatoms. The predicted molar refractivity (Wildman–Crippen MR) is 147 cm³/mol. The Morgan fingerprint density at radius 2 is 1.54 bits per heavy atom. The van der Waals surface area contributed by atoms with Gasteiger partial charge < -0.3 is 14.8 Å². The van der Waals surface area contributed by atoms with Crippen LogP contribution in [0.5, 0.6) is 11.5 Å². The normalized spacial score (nSPS) is 18.4. The highest BCUT2D eigenvalue weighted by Crippen LogP contribution is 2.47. The number of hydrogen-bond acceptors (Lipinski definition) is 5. The van der Waals surface area contributed by atoms with E-state index in [9.17, 15) is 22.8 Å². The third kappa shape index (κ3) is 4.59. The number of alkyl halides is 3. The first-order valence-electron chi connectivity index (χ1n) is 13.0. The van der Waals surface area contributed by atoms with Gasteiger partial charge in [-0.05, 0) is 59.9 Å². The SMILES string of the molecule is COc1ccc([C@H]2CC(=O)C3=C(C2)Nc2[nH]n(-c4ccccc4)c(=O)c2[C@H]3c2ccc(C(F)(F)F)cc2)cc1OC. The van der Waals surface area contributed by atoms with E-state index < -0.39 is 17.7 Å². The van der Waals surface area contributed by atoms with Crippen LogP contribution >= 0.6 is 0 Å². The zero-order valence-electron chi connectivity index (χ0n) is 22.2. The summed E-state index contributed by atoms with van der Waals surface area (Å²) in [5.74, 6) is 0.315. The van der Waals surface area contributed by atoms with Gasteiger partial charge in [-0.1, -0.05) is 36.4 Å². The van der Waals surface area contributed by atoms with Gasteiger partial charge in [-0.3, -0.25) is 14.7 Å². The number of hydrogen-bond donors (Lipinski definition) is 2. The zero-order valence-corrected chi connectivity index (χ0v) is 22.2. The third-order valence-corrected chi connectivity index (χ3v) is 7.75. The molecule has 1 aliphatic carbocycles. The van der Waals surface area contributed by atoms with Crippen molar-refractivity contribution in [3.05, 3.63) is 117 Å². The van der Waals surface area contributed by atoms with Gasteiger partial charge in [0.05, 0.1) is 31.0 Å². The minimum atomic E-state index is -4.51. The highest BCUT2D eigenvalue weighted by Gasteiger charge is 2.41.